The molecule has 0 radical (unpaired) electrons. The van der Waals surface area contributed by atoms with Gasteiger partial charge in [-0.05, 0) is 43.2 Å². The lowest BCUT2D eigenvalue weighted by Gasteiger charge is -2.28. The predicted octanol–water partition coefficient (Wildman–Crippen LogP) is 3.65. The number of imidazole rings is 1. The van der Waals surface area contributed by atoms with E-state index in [1.165, 1.54) is 16.4 Å². The van der Waals surface area contributed by atoms with E-state index < -0.39 is 10.0 Å². The molecule has 0 bridgehead atoms. The van der Waals surface area contributed by atoms with Crippen LogP contribution in [0.2, 0.25) is 5.02 Å². The van der Waals surface area contributed by atoms with Crippen molar-refractivity contribution in [3.63, 3.8) is 0 Å². The number of anilines is 2. The Labute approximate surface area is 180 Å². The number of alkyl halides is 1. The lowest BCUT2D eigenvalue weighted by Crippen LogP contribution is -2.38. The van der Waals surface area contributed by atoms with Crippen LogP contribution in [0, 0.1) is 0 Å². The summed E-state index contributed by atoms with van der Waals surface area (Å²) in [6.45, 7) is 0.994. The largest absolute Gasteiger partial charge is 0.506 e. The molecule has 0 unspecified atom stereocenters. The Bertz CT molecular complexity index is 1130. The third kappa shape index (κ3) is 3.91. The Balaban J connectivity index is 1.62. The zero-order valence-electron chi connectivity index (χ0n) is 14.6. The maximum absolute atomic E-state index is 12.9. The summed E-state index contributed by atoms with van der Waals surface area (Å²) in [5, 5.41) is 13.3. The fourth-order valence-electron chi connectivity index (χ4n) is 3.01. The van der Waals surface area contributed by atoms with Gasteiger partial charge in [0.15, 0.2) is 10.7 Å². The molecule has 0 atom stereocenters. The van der Waals surface area contributed by atoms with E-state index in [4.69, 9.17) is 11.6 Å². The van der Waals surface area contributed by atoms with Crippen molar-refractivity contribution in [3.8, 4) is 5.75 Å². The van der Waals surface area contributed by atoms with Gasteiger partial charge in [-0.25, -0.2) is 13.4 Å². The third-order valence-corrected chi connectivity index (χ3v) is 7.80. The van der Waals surface area contributed by atoms with E-state index in [0.29, 0.717) is 39.2 Å². The molecule has 1 fully saturated rings. The molecule has 4 rings (SSSR count). The maximum Gasteiger partial charge on any atom is 0.260 e. The van der Waals surface area contributed by atoms with E-state index in [0.717, 1.165) is 12.8 Å². The van der Waals surface area contributed by atoms with E-state index in [9.17, 15) is 13.5 Å². The van der Waals surface area contributed by atoms with Gasteiger partial charge in [-0.15, -0.1) is 0 Å². The fraction of sp³-hybridized carbons (Fsp3) is 0.294. The average molecular weight is 534 g/mol. The number of phenols is 1. The number of aromatic nitrogens is 3. The van der Waals surface area contributed by atoms with Gasteiger partial charge >= 0.3 is 0 Å². The summed E-state index contributed by atoms with van der Waals surface area (Å²) < 4.78 is 27.7. The van der Waals surface area contributed by atoms with Gasteiger partial charge in [-0.2, -0.15) is 9.29 Å². The van der Waals surface area contributed by atoms with Crippen molar-refractivity contribution in [1.82, 2.24) is 19.3 Å². The monoisotopic (exact) mass is 533 g/mol. The van der Waals surface area contributed by atoms with E-state index in [2.05, 4.69) is 42.9 Å². The van der Waals surface area contributed by atoms with Crippen molar-refractivity contribution in [2.75, 3.05) is 18.4 Å². The molecule has 3 aromatic rings. The molecule has 8 nitrogen and oxygen atoms in total. The number of aromatic hydroxyl groups is 1. The molecule has 11 heteroatoms. The smallest absolute Gasteiger partial charge is 0.260 e. The number of fused-ring (bicyclic) bond motifs is 1. The van der Waals surface area contributed by atoms with Crippen molar-refractivity contribution >= 4 is 67.0 Å². The first-order chi connectivity index (χ1) is 13.3. The molecule has 0 spiro atoms. The van der Waals surface area contributed by atoms with E-state index in [1.54, 1.807) is 18.2 Å². The first kappa shape index (κ1) is 19.7. The van der Waals surface area contributed by atoms with Crippen molar-refractivity contribution in [3.05, 3.63) is 35.4 Å². The standard InChI is InChI=1S/C17H17ClIN5O3S/c18-10-1-3-14(25)13(9-10)21-17-20-12-2-4-15(22-16(12)23-17)28(26,27)24-7-5-11(19)6-8-24/h1-4,9,11,25H,5-8H2,(H2,20,21,22,23). The summed E-state index contributed by atoms with van der Waals surface area (Å²) in [6, 6.07) is 7.71. The van der Waals surface area contributed by atoms with E-state index in [1.807, 2.05) is 0 Å². The Morgan fingerprint density at radius 3 is 2.71 bits per heavy atom. The molecular weight excluding hydrogens is 517 g/mol. The molecular formula is C17H17ClIN5O3S. The number of sulfonamides is 1. The number of H-pyrrole nitrogens is 1. The minimum atomic E-state index is -3.65. The van der Waals surface area contributed by atoms with Gasteiger partial charge in [0.1, 0.15) is 5.75 Å². The molecule has 148 valence electrons. The molecule has 3 heterocycles. The number of nitrogens with zero attached hydrogens (tertiary/aromatic N) is 3. The highest BCUT2D eigenvalue weighted by Crippen LogP contribution is 2.29. The van der Waals surface area contributed by atoms with E-state index in [-0.39, 0.29) is 16.4 Å². The van der Waals surface area contributed by atoms with Crippen LogP contribution in [0.3, 0.4) is 0 Å². The number of benzene rings is 1. The maximum atomic E-state index is 12.9. The molecule has 0 aliphatic carbocycles. The summed E-state index contributed by atoms with van der Waals surface area (Å²) in [5.74, 6) is 0.333. The highest BCUT2D eigenvalue weighted by molar-refractivity contribution is 14.1. The summed E-state index contributed by atoms with van der Waals surface area (Å²) >= 11 is 8.30. The van der Waals surface area contributed by atoms with Crippen LogP contribution in [0.1, 0.15) is 12.8 Å². The molecule has 1 aliphatic heterocycles. The Hall–Kier alpha value is -1.63. The minimum absolute atomic E-state index is 0.0137. The van der Waals surface area contributed by atoms with Gasteiger partial charge in [0.05, 0.1) is 11.2 Å². The van der Waals surface area contributed by atoms with Crippen LogP contribution in [-0.2, 0) is 10.0 Å². The quantitative estimate of drug-likeness (QED) is 0.268. The molecule has 1 aromatic carbocycles. The summed E-state index contributed by atoms with van der Waals surface area (Å²) in [5.41, 5.74) is 1.23. The second kappa shape index (κ2) is 7.65. The first-order valence-corrected chi connectivity index (χ1v) is 11.7. The highest BCUT2D eigenvalue weighted by atomic mass is 127. The fourth-order valence-corrected chi connectivity index (χ4v) is 5.14. The molecule has 0 saturated carbocycles. The van der Waals surface area contributed by atoms with Gasteiger partial charge in [0.25, 0.3) is 10.0 Å². The van der Waals surface area contributed by atoms with Crippen LogP contribution in [0.15, 0.2) is 35.4 Å². The molecule has 2 aromatic heterocycles. The number of rotatable bonds is 4. The van der Waals surface area contributed by atoms with Crippen LogP contribution in [0.4, 0.5) is 11.6 Å². The minimum Gasteiger partial charge on any atom is -0.506 e. The number of nitrogens with one attached hydrogen (secondary N) is 2. The second-order valence-electron chi connectivity index (χ2n) is 6.47. The van der Waals surface area contributed by atoms with Crippen LogP contribution in [-0.4, -0.2) is 49.8 Å². The molecule has 1 aliphatic rings. The first-order valence-electron chi connectivity index (χ1n) is 8.59. The van der Waals surface area contributed by atoms with Crippen LogP contribution >= 0.6 is 34.2 Å². The predicted molar refractivity (Wildman–Crippen MR) is 116 cm³/mol. The number of piperidine rings is 1. The van der Waals surface area contributed by atoms with E-state index >= 15 is 0 Å². The van der Waals surface area contributed by atoms with Crippen molar-refractivity contribution in [2.24, 2.45) is 0 Å². The van der Waals surface area contributed by atoms with Gasteiger partial charge < -0.3 is 15.4 Å². The van der Waals surface area contributed by atoms with Crippen LogP contribution < -0.4 is 5.32 Å². The molecule has 3 N–H and O–H groups in total. The topological polar surface area (TPSA) is 111 Å². The molecule has 1 saturated heterocycles. The summed E-state index contributed by atoms with van der Waals surface area (Å²) in [7, 11) is -3.65. The second-order valence-corrected chi connectivity index (χ2v) is 10.6. The number of aromatic amines is 1. The zero-order chi connectivity index (χ0) is 19.9. The Morgan fingerprint density at radius 1 is 1.21 bits per heavy atom. The SMILES string of the molecule is O=S(=O)(c1ccc2[nH]c(Nc3cc(Cl)ccc3O)nc2n1)N1CCC(I)CC1. The van der Waals surface area contributed by atoms with Gasteiger partial charge in [0.2, 0.25) is 5.95 Å². The lowest BCUT2D eigenvalue weighted by molar-refractivity contribution is 0.356. The lowest BCUT2D eigenvalue weighted by atomic mass is 10.2. The van der Waals surface area contributed by atoms with Crippen molar-refractivity contribution < 1.29 is 13.5 Å². The number of hydrogen-bond donors (Lipinski definition) is 3. The van der Waals surface area contributed by atoms with Gasteiger partial charge in [0, 0.05) is 22.0 Å². The number of pyridine rings is 1. The average Bonchev–Trinajstić information content (AvgIpc) is 3.06. The summed E-state index contributed by atoms with van der Waals surface area (Å²) in [4.78, 5) is 11.5. The number of phenolic OH excluding ortho intramolecular Hbond substituents is 1. The highest BCUT2D eigenvalue weighted by Gasteiger charge is 2.30. The normalized spacial score (nSPS) is 16.5. The molecule has 28 heavy (non-hydrogen) atoms. The van der Waals surface area contributed by atoms with Gasteiger partial charge in [-0.3, -0.25) is 0 Å². The number of halogens is 2. The third-order valence-electron chi connectivity index (χ3n) is 4.52. The summed E-state index contributed by atoms with van der Waals surface area (Å²) in [6.07, 6.45) is 1.67. The Morgan fingerprint density at radius 2 is 1.96 bits per heavy atom. The van der Waals surface area contributed by atoms with Crippen molar-refractivity contribution in [1.29, 1.82) is 0 Å². The molecule has 0 amide bonds. The zero-order valence-corrected chi connectivity index (χ0v) is 18.3. The Kier molecular flexibility index (Phi) is 5.38. The van der Waals surface area contributed by atoms with Gasteiger partial charge in [-0.1, -0.05) is 34.2 Å². The van der Waals surface area contributed by atoms with Crippen LogP contribution in [0.25, 0.3) is 11.2 Å². The van der Waals surface area contributed by atoms with Crippen LogP contribution in [0.5, 0.6) is 5.75 Å². The van der Waals surface area contributed by atoms with Crippen molar-refractivity contribution in [2.45, 2.75) is 21.8 Å². The number of hydrogen-bond acceptors (Lipinski definition) is 6.